The predicted molar refractivity (Wildman–Crippen MR) is 125 cm³/mol. The largest absolute Gasteiger partial charge is 0.328 e. The van der Waals surface area contributed by atoms with E-state index in [0.29, 0.717) is 6.04 Å². The molecule has 1 atom stereocenters. The molecule has 0 spiro atoms. The third-order valence-electron chi connectivity index (χ3n) is 5.45. The van der Waals surface area contributed by atoms with E-state index in [-0.39, 0.29) is 0 Å². The fraction of sp³-hybridized carbons (Fsp3) is 0.846. The lowest BCUT2D eigenvalue weighted by molar-refractivity contribution is 0.484. The Labute approximate surface area is 172 Å². The van der Waals surface area contributed by atoms with Crippen LogP contribution in [0.2, 0.25) is 0 Å². The highest BCUT2D eigenvalue weighted by Gasteiger charge is 2.02. The zero-order valence-corrected chi connectivity index (χ0v) is 18.9. The monoisotopic (exact) mass is 377 g/mol. The van der Waals surface area contributed by atoms with E-state index in [1.165, 1.54) is 116 Å². The van der Waals surface area contributed by atoms with E-state index in [9.17, 15) is 0 Å². The molecule has 0 amide bonds. The molecule has 1 heteroatoms. The Balaban J connectivity index is 3.24. The minimum atomic E-state index is 0.453. The molecular formula is C26H51N. The van der Waals surface area contributed by atoms with Crippen LogP contribution in [0.25, 0.3) is 0 Å². The molecule has 0 saturated heterocycles. The Kier molecular flexibility index (Phi) is 23.0. The number of allylic oxidation sites excluding steroid dienone is 4. The van der Waals surface area contributed by atoms with Gasteiger partial charge in [-0.2, -0.15) is 0 Å². The molecule has 2 N–H and O–H groups in total. The summed E-state index contributed by atoms with van der Waals surface area (Å²) in [6.45, 7) is 4.54. The third kappa shape index (κ3) is 23.4. The molecule has 0 bridgehead atoms. The molecule has 0 aromatic rings. The molecule has 160 valence electrons. The second-order valence-electron chi connectivity index (χ2n) is 8.34. The normalized spacial score (nSPS) is 13.1. The molecule has 0 aromatic heterocycles. The van der Waals surface area contributed by atoms with Crippen LogP contribution in [0.1, 0.15) is 136 Å². The first-order valence-electron chi connectivity index (χ1n) is 12.4. The van der Waals surface area contributed by atoms with Crippen LogP contribution in [-0.4, -0.2) is 6.04 Å². The lowest BCUT2D eigenvalue weighted by Gasteiger charge is -2.11. The molecule has 0 aromatic carbocycles. The molecular weight excluding hydrogens is 326 g/mol. The summed E-state index contributed by atoms with van der Waals surface area (Å²) >= 11 is 0. The van der Waals surface area contributed by atoms with Crippen molar-refractivity contribution in [3.63, 3.8) is 0 Å². The van der Waals surface area contributed by atoms with Crippen LogP contribution < -0.4 is 5.73 Å². The standard InChI is InChI=1S/C26H51N/c1-3-5-7-9-11-12-13-14-15-16-17-18-19-21-23-25-26(27)24-22-20-10-8-6-4-2/h11-12,14-15,26H,3-10,13,16-25,27H2,1-2H3. The summed E-state index contributed by atoms with van der Waals surface area (Å²) in [5.41, 5.74) is 6.25. The Morgan fingerprint density at radius 2 is 0.926 bits per heavy atom. The van der Waals surface area contributed by atoms with Crippen molar-refractivity contribution >= 4 is 0 Å². The van der Waals surface area contributed by atoms with Gasteiger partial charge < -0.3 is 5.73 Å². The van der Waals surface area contributed by atoms with Gasteiger partial charge in [0, 0.05) is 6.04 Å². The molecule has 0 aliphatic heterocycles. The van der Waals surface area contributed by atoms with E-state index in [1.807, 2.05) is 0 Å². The summed E-state index contributed by atoms with van der Waals surface area (Å²) in [6, 6.07) is 0.453. The van der Waals surface area contributed by atoms with Crippen LogP contribution >= 0.6 is 0 Å². The summed E-state index contributed by atoms with van der Waals surface area (Å²) in [7, 11) is 0. The lowest BCUT2D eigenvalue weighted by Crippen LogP contribution is -2.19. The zero-order chi connectivity index (χ0) is 19.8. The van der Waals surface area contributed by atoms with E-state index in [1.54, 1.807) is 0 Å². The number of hydrogen-bond acceptors (Lipinski definition) is 1. The predicted octanol–water partition coefficient (Wildman–Crippen LogP) is 8.88. The van der Waals surface area contributed by atoms with Gasteiger partial charge in [-0.05, 0) is 44.9 Å². The molecule has 27 heavy (non-hydrogen) atoms. The molecule has 0 saturated carbocycles. The van der Waals surface area contributed by atoms with Crippen LogP contribution in [0, 0.1) is 0 Å². The maximum absolute atomic E-state index is 6.25. The average molecular weight is 378 g/mol. The van der Waals surface area contributed by atoms with Crippen molar-refractivity contribution in [3.05, 3.63) is 24.3 Å². The van der Waals surface area contributed by atoms with Gasteiger partial charge >= 0.3 is 0 Å². The van der Waals surface area contributed by atoms with Gasteiger partial charge in [0.25, 0.3) is 0 Å². The van der Waals surface area contributed by atoms with E-state index < -0.39 is 0 Å². The first-order valence-corrected chi connectivity index (χ1v) is 12.4. The molecule has 1 unspecified atom stereocenters. The highest BCUT2D eigenvalue weighted by Crippen LogP contribution is 2.13. The summed E-state index contributed by atoms with van der Waals surface area (Å²) < 4.78 is 0. The third-order valence-corrected chi connectivity index (χ3v) is 5.45. The Morgan fingerprint density at radius 3 is 1.48 bits per heavy atom. The van der Waals surface area contributed by atoms with Gasteiger partial charge in [-0.15, -0.1) is 0 Å². The first-order chi connectivity index (χ1) is 13.3. The van der Waals surface area contributed by atoms with Crippen molar-refractivity contribution in [2.45, 2.75) is 142 Å². The van der Waals surface area contributed by atoms with Gasteiger partial charge in [0.1, 0.15) is 0 Å². The number of hydrogen-bond donors (Lipinski definition) is 1. The van der Waals surface area contributed by atoms with E-state index in [4.69, 9.17) is 5.73 Å². The molecule has 0 radical (unpaired) electrons. The van der Waals surface area contributed by atoms with Crippen molar-refractivity contribution in [3.8, 4) is 0 Å². The number of rotatable bonds is 21. The van der Waals surface area contributed by atoms with Gasteiger partial charge in [-0.3, -0.25) is 0 Å². The van der Waals surface area contributed by atoms with Gasteiger partial charge in [0.15, 0.2) is 0 Å². The minimum absolute atomic E-state index is 0.453. The van der Waals surface area contributed by atoms with E-state index in [0.717, 1.165) is 6.42 Å². The maximum atomic E-state index is 6.25. The second kappa shape index (κ2) is 23.5. The quantitative estimate of drug-likeness (QED) is 0.157. The van der Waals surface area contributed by atoms with E-state index >= 15 is 0 Å². The molecule has 0 aliphatic rings. The van der Waals surface area contributed by atoms with Gasteiger partial charge in [-0.25, -0.2) is 0 Å². The Bertz CT molecular complexity index is 318. The fourth-order valence-electron chi connectivity index (χ4n) is 3.55. The molecule has 0 rings (SSSR count). The maximum Gasteiger partial charge on any atom is 0.00388 e. The fourth-order valence-corrected chi connectivity index (χ4v) is 3.55. The van der Waals surface area contributed by atoms with Crippen molar-refractivity contribution in [2.75, 3.05) is 0 Å². The highest BCUT2D eigenvalue weighted by molar-refractivity contribution is 4.92. The molecule has 0 fully saturated rings. The zero-order valence-electron chi connectivity index (χ0n) is 18.9. The van der Waals surface area contributed by atoms with Crippen molar-refractivity contribution < 1.29 is 0 Å². The molecule has 0 heterocycles. The molecule has 1 nitrogen and oxygen atoms in total. The summed E-state index contributed by atoms with van der Waals surface area (Å²) in [5.74, 6) is 0. The average Bonchev–Trinajstić information content (AvgIpc) is 2.67. The highest BCUT2D eigenvalue weighted by atomic mass is 14.6. The van der Waals surface area contributed by atoms with Crippen LogP contribution in [0.4, 0.5) is 0 Å². The van der Waals surface area contributed by atoms with Crippen LogP contribution in [0.3, 0.4) is 0 Å². The lowest BCUT2D eigenvalue weighted by atomic mass is 10.0. The van der Waals surface area contributed by atoms with Crippen LogP contribution in [-0.2, 0) is 0 Å². The van der Waals surface area contributed by atoms with Crippen molar-refractivity contribution in [2.24, 2.45) is 5.73 Å². The Hall–Kier alpha value is -0.560. The molecule has 0 aliphatic carbocycles. The summed E-state index contributed by atoms with van der Waals surface area (Å²) in [6.07, 6.45) is 34.6. The second-order valence-corrected chi connectivity index (χ2v) is 8.34. The van der Waals surface area contributed by atoms with Crippen molar-refractivity contribution in [1.82, 2.24) is 0 Å². The van der Waals surface area contributed by atoms with Gasteiger partial charge in [-0.1, -0.05) is 115 Å². The van der Waals surface area contributed by atoms with Gasteiger partial charge in [0.05, 0.1) is 0 Å². The van der Waals surface area contributed by atoms with Crippen molar-refractivity contribution in [1.29, 1.82) is 0 Å². The summed E-state index contributed by atoms with van der Waals surface area (Å²) in [5, 5.41) is 0. The number of nitrogens with two attached hydrogens (primary N) is 1. The Morgan fingerprint density at radius 1 is 0.519 bits per heavy atom. The number of unbranched alkanes of at least 4 members (excludes halogenated alkanes) is 13. The van der Waals surface area contributed by atoms with Crippen LogP contribution in [0.15, 0.2) is 24.3 Å². The van der Waals surface area contributed by atoms with Crippen LogP contribution in [0.5, 0.6) is 0 Å². The summed E-state index contributed by atoms with van der Waals surface area (Å²) in [4.78, 5) is 0. The smallest absolute Gasteiger partial charge is 0.00388 e. The van der Waals surface area contributed by atoms with E-state index in [2.05, 4.69) is 38.2 Å². The van der Waals surface area contributed by atoms with Gasteiger partial charge in [0.2, 0.25) is 0 Å². The minimum Gasteiger partial charge on any atom is -0.328 e. The topological polar surface area (TPSA) is 26.0 Å². The SMILES string of the molecule is CCCCCC=CCC=CCCCCCCCC(N)CCCCCCCC. The first kappa shape index (κ1) is 26.4.